The Kier molecular flexibility index (Phi) is 8.27. The number of hydrogen-bond donors (Lipinski definition) is 0. The second-order valence-electron chi connectivity index (χ2n) is 8.18. The summed E-state index contributed by atoms with van der Waals surface area (Å²) in [6.07, 6.45) is 3.23. The molecule has 0 unspecified atom stereocenters. The number of amides is 3. The van der Waals surface area contributed by atoms with E-state index in [-0.39, 0.29) is 39.4 Å². The van der Waals surface area contributed by atoms with Gasteiger partial charge in [0.2, 0.25) is 5.91 Å². The van der Waals surface area contributed by atoms with Crippen molar-refractivity contribution in [1.82, 2.24) is 9.80 Å². The van der Waals surface area contributed by atoms with Crippen LogP contribution in [0, 0.1) is 13.7 Å². The maximum Gasteiger partial charge on any atom is 0.339 e. The fourth-order valence-corrected chi connectivity index (χ4v) is 6.47. The highest BCUT2D eigenvalue weighted by atomic mass is 127. The third-order valence-corrected chi connectivity index (χ3v) is 8.65. The summed E-state index contributed by atoms with van der Waals surface area (Å²) in [5.41, 5.74) is 0.160. The van der Waals surface area contributed by atoms with Gasteiger partial charge in [-0.2, -0.15) is 8.42 Å². The fourth-order valence-electron chi connectivity index (χ4n) is 3.79. The molecule has 2 saturated heterocycles. The molecular formula is C23H20IN3O9S2. The minimum atomic E-state index is -4.36. The molecule has 2 aromatic rings. The summed E-state index contributed by atoms with van der Waals surface area (Å²) in [6, 6.07) is 7.19. The van der Waals surface area contributed by atoms with Gasteiger partial charge in [-0.05, 0) is 83.1 Å². The number of nitrogens with zero attached hydrogens (tertiary/aromatic N) is 3. The second kappa shape index (κ2) is 11.3. The van der Waals surface area contributed by atoms with Crippen LogP contribution >= 0.6 is 34.4 Å². The van der Waals surface area contributed by atoms with Crippen LogP contribution in [0.3, 0.4) is 0 Å². The minimum Gasteiger partial charge on any atom is -0.493 e. The van der Waals surface area contributed by atoms with E-state index >= 15 is 0 Å². The highest BCUT2D eigenvalue weighted by Gasteiger charge is 2.37. The molecule has 4 rings (SSSR count). The molecule has 15 heteroatoms. The monoisotopic (exact) mass is 673 g/mol. The van der Waals surface area contributed by atoms with Crippen molar-refractivity contribution in [2.45, 2.75) is 17.7 Å². The van der Waals surface area contributed by atoms with Gasteiger partial charge in [-0.25, -0.2) is 0 Å². The molecule has 38 heavy (non-hydrogen) atoms. The SMILES string of the molecule is COc1cc(/C=C2\SC(=O)N(CC(=O)N3CCCC3)C2=O)cc(I)c1OS(=O)(=O)c1ccc([N+](=O)[O-])cc1. The van der Waals surface area contributed by atoms with Crippen molar-refractivity contribution in [1.29, 1.82) is 0 Å². The summed E-state index contributed by atoms with van der Waals surface area (Å²) in [6.45, 7) is 0.894. The number of hydrogen-bond acceptors (Lipinski definition) is 10. The van der Waals surface area contributed by atoms with Gasteiger partial charge < -0.3 is 13.8 Å². The average molecular weight is 673 g/mol. The molecule has 3 amide bonds. The highest BCUT2D eigenvalue weighted by Crippen LogP contribution is 2.38. The van der Waals surface area contributed by atoms with Crippen LogP contribution in [0.4, 0.5) is 10.5 Å². The van der Waals surface area contributed by atoms with E-state index in [1.807, 2.05) is 22.6 Å². The van der Waals surface area contributed by atoms with Crippen LogP contribution in [0.25, 0.3) is 6.08 Å². The van der Waals surface area contributed by atoms with Gasteiger partial charge in [0.05, 0.1) is 20.5 Å². The van der Waals surface area contributed by atoms with Crippen LogP contribution in [-0.2, 0) is 19.7 Å². The van der Waals surface area contributed by atoms with Crippen LogP contribution < -0.4 is 8.92 Å². The van der Waals surface area contributed by atoms with E-state index in [1.165, 1.54) is 25.3 Å². The van der Waals surface area contributed by atoms with Crippen molar-refractivity contribution in [3.05, 3.63) is 60.6 Å². The van der Waals surface area contributed by atoms with Gasteiger partial charge in [-0.1, -0.05) is 0 Å². The van der Waals surface area contributed by atoms with Crippen molar-refractivity contribution in [3.8, 4) is 11.5 Å². The van der Waals surface area contributed by atoms with E-state index in [9.17, 15) is 32.9 Å². The van der Waals surface area contributed by atoms with Crippen molar-refractivity contribution in [3.63, 3.8) is 0 Å². The third kappa shape index (κ3) is 5.94. The lowest BCUT2D eigenvalue weighted by Crippen LogP contribution is -2.40. The largest absolute Gasteiger partial charge is 0.493 e. The number of halogens is 1. The number of thioether (sulfide) groups is 1. The summed E-state index contributed by atoms with van der Waals surface area (Å²) in [7, 11) is -3.05. The number of likely N-dealkylation sites (tertiary alicyclic amines) is 1. The van der Waals surface area contributed by atoms with Gasteiger partial charge in [-0.3, -0.25) is 29.4 Å². The van der Waals surface area contributed by atoms with Crippen molar-refractivity contribution in [2.75, 3.05) is 26.7 Å². The molecule has 0 N–H and O–H groups in total. The predicted molar refractivity (Wildman–Crippen MR) is 145 cm³/mol. The number of non-ortho nitro benzene ring substituents is 1. The Bertz CT molecular complexity index is 1450. The number of methoxy groups -OCH3 is 1. The molecule has 2 fully saturated rings. The molecule has 200 valence electrons. The summed E-state index contributed by atoms with van der Waals surface area (Å²) in [5, 5.41) is 10.3. The minimum absolute atomic E-state index is 0.0390. The first-order valence-electron chi connectivity index (χ1n) is 11.1. The number of nitro groups is 1. The zero-order valence-electron chi connectivity index (χ0n) is 19.8. The second-order valence-corrected chi connectivity index (χ2v) is 11.9. The lowest BCUT2D eigenvalue weighted by molar-refractivity contribution is -0.384. The molecular weight excluding hydrogens is 653 g/mol. The molecule has 0 aliphatic carbocycles. The zero-order valence-corrected chi connectivity index (χ0v) is 23.6. The number of nitro benzene ring substituents is 1. The molecule has 0 aromatic heterocycles. The number of imide groups is 1. The first kappa shape index (κ1) is 27.8. The quantitative estimate of drug-likeness (QED) is 0.134. The summed E-state index contributed by atoms with van der Waals surface area (Å²) in [5.74, 6) is -0.953. The normalized spacial score (nSPS) is 16.8. The molecule has 2 aromatic carbocycles. The Balaban J connectivity index is 1.55. The molecule has 2 heterocycles. The van der Waals surface area contributed by atoms with Crippen molar-refractivity contribution in [2.24, 2.45) is 0 Å². The van der Waals surface area contributed by atoms with Crippen molar-refractivity contribution >= 4 is 73.3 Å². The lowest BCUT2D eigenvalue weighted by Gasteiger charge is -2.18. The third-order valence-electron chi connectivity index (χ3n) is 5.70. The van der Waals surface area contributed by atoms with E-state index in [0.717, 1.165) is 42.0 Å². The van der Waals surface area contributed by atoms with E-state index in [0.29, 0.717) is 34.0 Å². The maximum atomic E-state index is 12.9. The van der Waals surface area contributed by atoms with Crippen LogP contribution in [-0.4, -0.2) is 66.9 Å². The van der Waals surface area contributed by atoms with Gasteiger partial charge in [0.25, 0.3) is 16.8 Å². The molecule has 0 bridgehead atoms. The highest BCUT2D eigenvalue weighted by molar-refractivity contribution is 14.1. The first-order valence-corrected chi connectivity index (χ1v) is 14.4. The number of ether oxygens (including phenoxy) is 1. The Morgan fingerprint density at radius 1 is 1.18 bits per heavy atom. The number of carbonyl (C=O) groups is 3. The van der Waals surface area contributed by atoms with Crippen LogP contribution in [0.2, 0.25) is 0 Å². The molecule has 12 nitrogen and oxygen atoms in total. The van der Waals surface area contributed by atoms with E-state index in [1.54, 1.807) is 4.90 Å². The van der Waals surface area contributed by atoms with Gasteiger partial charge in [-0.15, -0.1) is 0 Å². The maximum absolute atomic E-state index is 12.9. The van der Waals surface area contributed by atoms with Gasteiger partial charge in [0.1, 0.15) is 11.4 Å². The fraction of sp³-hybridized carbons (Fsp3) is 0.261. The Morgan fingerprint density at radius 3 is 2.45 bits per heavy atom. The molecule has 2 aliphatic heterocycles. The summed E-state index contributed by atoms with van der Waals surface area (Å²) in [4.78, 5) is 50.3. The van der Waals surface area contributed by atoms with E-state index in [4.69, 9.17) is 8.92 Å². The Labute approximate surface area is 235 Å². The zero-order chi connectivity index (χ0) is 27.6. The number of benzene rings is 2. The van der Waals surface area contributed by atoms with E-state index < -0.39 is 26.2 Å². The lowest BCUT2D eigenvalue weighted by atomic mass is 10.2. The smallest absolute Gasteiger partial charge is 0.339 e. The Morgan fingerprint density at radius 2 is 1.84 bits per heavy atom. The molecule has 0 saturated carbocycles. The van der Waals surface area contributed by atoms with Gasteiger partial charge in [0, 0.05) is 25.2 Å². The van der Waals surface area contributed by atoms with Gasteiger partial charge >= 0.3 is 10.1 Å². The summed E-state index contributed by atoms with van der Waals surface area (Å²) >= 11 is 2.54. The van der Waals surface area contributed by atoms with Crippen molar-refractivity contribution < 1.29 is 36.6 Å². The topological polar surface area (TPSA) is 153 Å². The summed E-state index contributed by atoms with van der Waals surface area (Å²) < 4.78 is 36.5. The van der Waals surface area contributed by atoms with E-state index in [2.05, 4.69) is 0 Å². The number of rotatable bonds is 8. The Hall–Kier alpha value is -3.18. The average Bonchev–Trinajstić information content (AvgIpc) is 3.50. The van der Waals surface area contributed by atoms with Crippen LogP contribution in [0.15, 0.2) is 46.2 Å². The molecule has 0 spiro atoms. The van der Waals surface area contributed by atoms with Gasteiger partial charge in [0.15, 0.2) is 11.5 Å². The molecule has 0 radical (unpaired) electrons. The molecule has 2 aliphatic rings. The van der Waals surface area contributed by atoms with Crippen LogP contribution in [0.1, 0.15) is 18.4 Å². The first-order chi connectivity index (χ1) is 18.0. The predicted octanol–water partition coefficient (Wildman–Crippen LogP) is 3.63. The standard InChI is InChI=1S/C23H20IN3O9S2/c1-35-18-11-14(12-19-22(29)26(23(30)37-19)13-20(28)25-8-2-3-9-25)10-17(24)21(18)36-38(33,34)16-6-4-15(5-7-16)27(31)32/h4-7,10-12H,2-3,8-9,13H2,1H3/b19-12-. The van der Waals surface area contributed by atoms with Crippen LogP contribution in [0.5, 0.6) is 11.5 Å². The molecule has 0 atom stereocenters. The number of carbonyl (C=O) groups excluding carboxylic acids is 3.